The van der Waals surface area contributed by atoms with E-state index in [0.29, 0.717) is 47.6 Å². The van der Waals surface area contributed by atoms with Crippen LogP contribution in [0, 0.1) is 0 Å². The fraction of sp³-hybridized carbons (Fsp3) is 0.500. The van der Waals surface area contributed by atoms with Gasteiger partial charge in [-0.25, -0.2) is 0 Å². The maximum atomic E-state index is 13.6. The van der Waals surface area contributed by atoms with Gasteiger partial charge in [0.2, 0.25) is 11.8 Å². The molecule has 2 amide bonds. The van der Waals surface area contributed by atoms with Gasteiger partial charge >= 0.3 is 0 Å². The van der Waals surface area contributed by atoms with Gasteiger partial charge in [-0.1, -0.05) is 42.3 Å². The Morgan fingerprint density at radius 1 is 0.972 bits per heavy atom. The van der Waals surface area contributed by atoms with Crippen molar-refractivity contribution in [3.05, 3.63) is 57.6 Å². The van der Waals surface area contributed by atoms with Gasteiger partial charge in [-0.05, 0) is 82.9 Å². The number of carbonyl (C=O) groups excluding carboxylic acids is 2. The van der Waals surface area contributed by atoms with Crippen molar-refractivity contribution in [2.45, 2.75) is 78.9 Å². The maximum absolute atomic E-state index is 13.6. The molecule has 0 fully saturated rings. The third-order valence-corrected chi connectivity index (χ3v) is 6.06. The Morgan fingerprint density at radius 3 is 2.22 bits per heavy atom. The number of amides is 2. The van der Waals surface area contributed by atoms with Gasteiger partial charge in [0, 0.05) is 28.5 Å². The number of rotatable bonds is 12. The summed E-state index contributed by atoms with van der Waals surface area (Å²) in [5, 5.41) is 3.98. The van der Waals surface area contributed by atoms with Crippen LogP contribution in [0.3, 0.4) is 0 Å². The van der Waals surface area contributed by atoms with Crippen LogP contribution in [0.15, 0.2) is 36.4 Å². The number of carbonyl (C=O) groups is 2. The van der Waals surface area contributed by atoms with E-state index in [2.05, 4.69) is 5.32 Å². The number of ether oxygens (including phenoxy) is 2. The standard InChI is InChI=1S/C28H38Cl2N2O4/c1-7-23(27(34)31-28(4,5)6)32(18-20-12-13-21(29)17-22(20)30)26(33)15-11-19-10-14-24(35-8-2)25(16-19)36-9-3/h10,12-14,16-17,23H,7-9,11,15,18H2,1-6H3,(H,31,34)/t23-/m1/s1. The van der Waals surface area contributed by atoms with E-state index in [1.165, 1.54) is 0 Å². The highest BCUT2D eigenvalue weighted by molar-refractivity contribution is 6.35. The Labute approximate surface area is 225 Å². The van der Waals surface area contributed by atoms with E-state index in [9.17, 15) is 9.59 Å². The summed E-state index contributed by atoms with van der Waals surface area (Å²) < 4.78 is 11.4. The Balaban J connectivity index is 2.29. The van der Waals surface area contributed by atoms with E-state index in [1.54, 1.807) is 23.1 Å². The molecule has 0 unspecified atom stereocenters. The van der Waals surface area contributed by atoms with Gasteiger partial charge in [-0.3, -0.25) is 9.59 Å². The summed E-state index contributed by atoms with van der Waals surface area (Å²) in [7, 11) is 0. The Bertz CT molecular complexity index is 1040. The summed E-state index contributed by atoms with van der Waals surface area (Å²) in [6.07, 6.45) is 1.19. The highest BCUT2D eigenvalue weighted by Gasteiger charge is 2.31. The van der Waals surface area contributed by atoms with Crippen LogP contribution in [-0.4, -0.2) is 41.5 Å². The van der Waals surface area contributed by atoms with E-state index in [-0.39, 0.29) is 24.8 Å². The van der Waals surface area contributed by atoms with E-state index in [0.717, 1.165) is 11.1 Å². The fourth-order valence-corrected chi connectivity index (χ4v) is 4.32. The van der Waals surface area contributed by atoms with Gasteiger partial charge in [0.15, 0.2) is 11.5 Å². The van der Waals surface area contributed by atoms with Crippen LogP contribution in [0.2, 0.25) is 10.0 Å². The number of benzene rings is 2. The van der Waals surface area contributed by atoms with Crippen molar-refractivity contribution >= 4 is 35.0 Å². The van der Waals surface area contributed by atoms with Gasteiger partial charge in [0.25, 0.3) is 0 Å². The van der Waals surface area contributed by atoms with Crippen LogP contribution in [0.25, 0.3) is 0 Å². The highest BCUT2D eigenvalue weighted by atomic mass is 35.5. The van der Waals surface area contributed by atoms with Gasteiger partial charge in [0.1, 0.15) is 6.04 Å². The molecule has 0 aromatic heterocycles. The average molecular weight is 538 g/mol. The fourth-order valence-electron chi connectivity index (χ4n) is 3.85. The minimum Gasteiger partial charge on any atom is -0.490 e. The third kappa shape index (κ3) is 8.90. The molecule has 0 aliphatic rings. The summed E-state index contributed by atoms with van der Waals surface area (Å²) in [6.45, 7) is 12.7. The number of hydrogen-bond donors (Lipinski definition) is 1. The quantitative estimate of drug-likeness (QED) is 0.338. The molecule has 2 aromatic carbocycles. The number of nitrogens with zero attached hydrogens (tertiary/aromatic N) is 1. The number of halogens is 2. The van der Waals surface area contributed by atoms with E-state index in [1.807, 2.05) is 59.7 Å². The van der Waals surface area contributed by atoms with Crippen molar-refractivity contribution in [3.8, 4) is 11.5 Å². The lowest BCUT2D eigenvalue weighted by Crippen LogP contribution is -2.53. The van der Waals surface area contributed by atoms with Crippen LogP contribution in [-0.2, 0) is 22.6 Å². The molecule has 0 bridgehead atoms. The van der Waals surface area contributed by atoms with Crippen LogP contribution in [0.5, 0.6) is 11.5 Å². The first-order valence-electron chi connectivity index (χ1n) is 12.4. The molecule has 2 aromatic rings. The molecular weight excluding hydrogens is 499 g/mol. The van der Waals surface area contributed by atoms with Crippen molar-refractivity contribution < 1.29 is 19.1 Å². The number of nitrogens with one attached hydrogen (secondary N) is 1. The summed E-state index contributed by atoms with van der Waals surface area (Å²) in [5.74, 6) is 1.01. The second-order valence-corrected chi connectivity index (χ2v) is 10.4. The molecule has 6 nitrogen and oxygen atoms in total. The molecule has 8 heteroatoms. The normalized spacial score (nSPS) is 12.1. The van der Waals surface area contributed by atoms with Crippen LogP contribution >= 0.6 is 23.2 Å². The molecule has 0 heterocycles. The first kappa shape index (κ1) is 29.8. The van der Waals surface area contributed by atoms with Crippen LogP contribution in [0.4, 0.5) is 0 Å². The molecule has 198 valence electrons. The van der Waals surface area contributed by atoms with Crippen molar-refractivity contribution in [2.24, 2.45) is 0 Å². The predicted molar refractivity (Wildman–Crippen MR) is 146 cm³/mol. The second kappa shape index (κ2) is 13.8. The minimum atomic E-state index is -0.636. The molecule has 0 saturated carbocycles. The Hall–Kier alpha value is -2.44. The third-order valence-electron chi connectivity index (χ3n) is 5.48. The molecule has 0 aliphatic carbocycles. The first-order valence-corrected chi connectivity index (χ1v) is 13.2. The summed E-state index contributed by atoms with van der Waals surface area (Å²) in [6, 6.07) is 10.2. The predicted octanol–water partition coefficient (Wildman–Crippen LogP) is 6.45. The van der Waals surface area contributed by atoms with Crippen molar-refractivity contribution in [1.29, 1.82) is 0 Å². The monoisotopic (exact) mass is 536 g/mol. The van der Waals surface area contributed by atoms with E-state index < -0.39 is 11.6 Å². The van der Waals surface area contributed by atoms with Gasteiger partial charge in [0.05, 0.1) is 13.2 Å². The van der Waals surface area contributed by atoms with E-state index >= 15 is 0 Å². The highest BCUT2D eigenvalue weighted by Crippen LogP contribution is 2.29. The lowest BCUT2D eigenvalue weighted by atomic mass is 10.0. The molecule has 36 heavy (non-hydrogen) atoms. The molecule has 0 spiro atoms. The van der Waals surface area contributed by atoms with Gasteiger partial charge in [-0.15, -0.1) is 0 Å². The number of hydrogen-bond acceptors (Lipinski definition) is 4. The maximum Gasteiger partial charge on any atom is 0.243 e. The molecule has 1 N–H and O–H groups in total. The largest absolute Gasteiger partial charge is 0.490 e. The van der Waals surface area contributed by atoms with Crippen LogP contribution < -0.4 is 14.8 Å². The lowest BCUT2D eigenvalue weighted by Gasteiger charge is -2.33. The lowest BCUT2D eigenvalue weighted by molar-refractivity contribution is -0.142. The Morgan fingerprint density at radius 2 is 1.64 bits per heavy atom. The number of aryl methyl sites for hydroxylation is 1. The summed E-state index contributed by atoms with van der Waals surface area (Å²) in [5.41, 5.74) is 1.26. The van der Waals surface area contributed by atoms with E-state index in [4.69, 9.17) is 32.7 Å². The van der Waals surface area contributed by atoms with Crippen LogP contribution in [0.1, 0.15) is 65.5 Å². The topological polar surface area (TPSA) is 67.9 Å². The zero-order valence-electron chi connectivity index (χ0n) is 22.1. The Kier molecular flexibility index (Phi) is 11.4. The smallest absolute Gasteiger partial charge is 0.243 e. The summed E-state index contributed by atoms with van der Waals surface area (Å²) in [4.78, 5) is 28.4. The molecule has 0 saturated heterocycles. The molecular formula is C28H38Cl2N2O4. The second-order valence-electron chi connectivity index (χ2n) is 9.57. The molecule has 0 aliphatic heterocycles. The molecule has 2 rings (SSSR count). The van der Waals surface area contributed by atoms with Crippen molar-refractivity contribution in [1.82, 2.24) is 10.2 Å². The first-order chi connectivity index (χ1) is 17.0. The van der Waals surface area contributed by atoms with Gasteiger partial charge < -0.3 is 19.7 Å². The molecule has 1 atom stereocenters. The van der Waals surface area contributed by atoms with Crippen molar-refractivity contribution in [3.63, 3.8) is 0 Å². The summed E-state index contributed by atoms with van der Waals surface area (Å²) >= 11 is 12.5. The zero-order chi connectivity index (χ0) is 26.9. The zero-order valence-corrected chi connectivity index (χ0v) is 23.6. The van der Waals surface area contributed by atoms with Crippen molar-refractivity contribution in [2.75, 3.05) is 13.2 Å². The minimum absolute atomic E-state index is 0.135. The average Bonchev–Trinajstić information content (AvgIpc) is 2.79. The van der Waals surface area contributed by atoms with Gasteiger partial charge in [-0.2, -0.15) is 0 Å². The molecule has 0 radical (unpaired) electrons. The SMILES string of the molecule is CCOc1ccc(CCC(=O)N(Cc2ccc(Cl)cc2Cl)[C@H](CC)C(=O)NC(C)(C)C)cc1OCC.